The lowest BCUT2D eigenvalue weighted by molar-refractivity contribution is -0.0994. The maximum Gasteiger partial charge on any atom is 0.117 e. The van der Waals surface area contributed by atoms with Gasteiger partial charge in [-0.15, -0.1) is 0 Å². The Balaban J connectivity index is 1.21. The molecule has 32 heavy (non-hydrogen) atoms. The van der Waals surface area contributed by atoms with Crippen LogP contribution in [0.15, 0.2) is 35.3 Å². The molecule has 0 aromatic rings. The highest BCUT2D eigenvalue weighted by atomic mass is 16.5. The van der Waals surface area contributed by atoms with Gasteiger partial charge >= 0.3 is 0 Å². The Bertz CT molecular complexity index is 824. The number of ether oxygens (including phenoxy) is 2. The fourth-order valence-corrected chi connectivity index (χ4v) is 8.90. The van der Waals surface area contributed by atoms with Crippen LogP contribution in [0.3, 0.4) is 0 Å². The van der Waals surface area contributed by atoms with Gasteiger partial charge in [-0.25, -0.2) is 0 Å². The second-order valence-electron chi connectivity index (χ2n) is 12.0. The van der Waals surface area contributed by atoms with Crippen LogP contribution < -0.4 is 0 Å². The number of aliphatic hydroxyl groups excluding tert-OH is 1. The molecule has 3 saturated carbocycles. The highest BCUT2D eigenvalue weighted by molar-refractivity contribution is 5.27. The van der Waals surface area contributed by atoms with Crippen LogP contribution in [0.2, 0.25) is 0 Å². The summed E-state index contributed by atoms with van der Waals surface area (Å²) in [5.41, 5.74) is 1.86. The SMILES string of the molecule is C[C@]12CC[C@@H]3[C@@H](CCC4=CC(OC5=CCCC5)CC[C@@]43CO)[C@@H]1CCC2OC1=CCCC1. The van der Waals surface area contributed by atoms with Gasteiger partial charge in [-0.05, 0) is 113 Å². The highest BCUT2D eigenvalue weighted by Crippen LogP contribution is 2.66. The zero-order valence-corrected chi connectivity index (χ0v) is 20.0. The van der Waals surface area contributed by atoms with Gasteiger partial charge in [0.2, 0.25) is 0 Å². The average Bonchev–Trinajstić information content (AvgIpc) is 3.56. The van der Waals surface area contributed by atoms with Crippen molar-refractivity contribution >= 4 is 0 Å². The summed E-state index contributed by atoms with van der Waals surface area (Å²) < 4.78 is 13.0. The highest BCUT2D eigenvalue weighted by Gasteiger charge is 2.60. The Morgan fingerprint density at radius 2 is 1.66 bits per heavy atom. The van der Waals surface area contributed by atoms with E-state index in [2.05, 4.69) is 25.2 Å². The monoisotopic (exact) mass is 438 g/mol. The third kappa shape index (κ3) is 3.32. The van der Waals surface area contributed by atoms with Crippen molar-refractivity contribution in [1.82, 2.24) is 0 Å². The molecule has 0 bridgehead atoms. The van der Waals surface area contributed by atoms with Crippen LogP contribution in [-0.4, -0.2) is 23.9 Å². The summed E-state index contributed by atoms with van der Waals surface area (Å²) in [6, 6.07) is 0. The van der Waals surface area contributed by atoms with Crippen molar-refractivity contribution in [2.24, 2.45) is 28.6 Å². The first-order valence-corrected chi connectivity index (χ1v) is 13.7. The lowest BCUT2D eigenvalue weighted by Gasteiger charge is -2.58. The molecule has 176 valence electrons. The molecule has 0 radical (unpaired) electrons. The maximum atomic E-state index is 10.8. The molecule has 0 aromatic carbocycles. The minimum Gasteiger partial charge on any atom is -0.495 e. The topological polar surface area (TPSA) is 38.7 Å². The number of hydrogen-bond acceptors (Lipinski definition) is 3. The molecule has 0 amide bonds. The molecule has 0 aliphatic heterocycles. The zero-order chi connectivity index (χ0) is 21.8. The summed E-state index contributed by atoms with van der Waals surface area (Å²) in [5, 5.41) is 10.8. The first kappa shape index (κ1) is 21.3. The molecule has 6 aliphatic carbocycles. The van der Waals surface area contributed by atoms with E-state index in [4.69, 9.17) is 9.47 Å². The summed E-state index contributed by atoms with van der Waals surface area (Å²) in [4.78, 5) is 0. The van der Waals surface area contributed by atoms with Gasteiger partial charge in [-0.1, -0.05) is 12.5 Å². The molecule has 3 nitrogen and oxygen atoms in total. The molecule has 0 aromatic heterocycles. The van der Waals surface area contributed by atoms with Gasteiger partial charge < -0.3 is 14.6 Å². The smallest absolute Gasteiger partial charge is 0.117 e. The third-order valence-corrected chi connectivity index (χ3v) is 10.6. The van der Waals surface area contributed by atoms with Gasteiger partial charge in [-0.2, -0.15) is 0 Å². The van der Waals surface area contributed by atoms with E-state index in [1.807, 2.05) is 0 Å². The zero-order valence-electron chi connectivity index (χ0n) is 20.0. The van der Waals surface area contributed by atoms with E-state index in [1.54, 1.807) is 0 Å². The van der Waals surface area contributed by atoms with Gasteiger partial charge in [0.25, 0.3) is 0 Å². The van der Waals surface area contributed by atoms with Crippen LogP contribution in [0.5, 0.6) is 0 Å². The van der Waals surface area contributed by atoms with Gasteiger partial charge in [0.05, 0.1) is 18.1 Å². The van der Waals surface area contributed by atoms with Crippen LogP contribution in [-0.2, 0) is 9.47 Å². The number of hydrogen-bond donors (Lipinski definition) is 1. The second kappa shape index (κ2) is 8.22. The fourth-order valence-electron chi connectivity index (χ4n) is 8.90. The van der Waals surface area contributed by atoms with Gasteiger partial charge in [0.15, 0.2) is 0 Å². The van der Waals surface area contributed by atoms with Crippen molar-refractivity contribution in [3.05, 3.63) is 35.3 Å². The van der Waals surface area contributed by atoms with Crippen molar-refractivity contribution in [3.8, 4) is 0 Å². The summed E-state index contributed by atoms with van der Waals surface area (Å²) in [7, 11) is 0. The Kier molecular flexibility index (Phi) is 5.48. The maximum absolute atomic E-state index is 10.8. The first-order valence-electron chi connectivity index (χ1n) is 13.7. The number of aliphatic hydroxyl groups is 1. The summed E-state index contributed by atoms with van der Waals surface area (Å²) in [5.74, 6) is 4.63. The summed E-state index contributed by atoms with van der Waals surface area (Å²) in [6.07, 6.45) is 24.5. The lowest BCUT2D eigenvalue weighted by atomic mass is 9.47. The summed E-state index contributed by atoms with van der Waals surface area (Å²) >= 11 is 0. The van der Waals surface area contributed by atoms with E-state index in [0.29, 0.717) is 24.0 Å². The summed E-state index contributed by atoms with van der Waals surface area (Å²) in [6.45, 7) is 2.86. The van der Waals surface area contributed by atoms with E-state index in [-0.39, 0.29) is 11.5 Å². The van der Waals surface area contributed by atoms with E-state index in [1.165, 1.54) is 74.9 Å². The van der Waals surface area contributed by atoms with Crippen LogP contribution in [0.25, 0.3) is 0 Å². The molecular formula is C29H42O3. The third-order valence-electron chi connectivity index (χ3n) is 10.6. The molecule has 6 rings (SSSR count). The Labute approximate surface area is 194 Å². The van der Waals surface area contributed by atoms with Crippen LogP contribution in [0, 0.1) is 28.6 Å². The van der Waals surface area contributed by atoms with Crippen molar-refractivity contribution in [3.63, 3.8) is 0 Å². The van der Waals surface area contributed by atoms with Crippen molar-refractivity contribution < 1.29 is 14.6 Å². The second-order valence-corrected chi connectivity index (χ2v) is 12.0. The lowest BCUT2D eigenvalue weighted by Crippen LogP contribution is -2.54. The molecule has 0 spiro atoms. The van der Waals surface area contributed by atoms with Gasteiger partial charge in [0.1, 0.15) is 12.2 Å². The van der Waals surface area contributed by atoms with Crippen LogP contribution in [0.4, 0.5) is 0 Å². The molecule has 1 N–H and O–H groups in total. The van der Waals surface area contributed by atoms with Gasteiger partial charge in [0, 0.05) is 23.7 Å². The molecule has 3 fully saturated rings. The quantitative estimate of drug-likeness (QED) is 0.478. The van der Waals surface area contributed by atoms with E-state index >= 15 is 0 Å². The first-order chi connectivity index (χ1) is 15.6. The van der Waals surface area contributed by atoms with Gasteiger partial charge in [-0.3, -0.25) is 0 Å². The Morgan fingerprint density at radius 1 is 0.875 bits per heavy atom. The van der Waals surface area contributed by atoms with E-state index in [9.17, 15) is 5.11 Å². The van der Waals surface area contributed by atoms with Crippen molar-refractivity contribution in [2.75, 3.05) is 6.61 Å². The minimum atomic E-state index is 0.0150. The van der Waals surface area contributed by atoms with E-state index in [0.717, 1.165) is 43.9 Å². The Morgan fingerprint density at radius 3 is 2.38 bits per heavy atom. The molecule has 6 aliphatic rings. The molecule has 0 saturated heterocycles. The largest absolute Gasteiger partial charge is 0.495 e. The normalized spacial score (nSPS) is 45.3. The average molecular weight is 439 g/mol. The molecule has 3 heteroatoms. The predicted molar refractivity (Wildman–Crippen MR) is 127 cm³/mol. The predicted octanol–water partition coefficient (Wildman–Crippen LogP) is 6.83. The number of allylic oxidation sites excluding steroid dienone is 4. The number of fused-ring (bicyclic) bond motifs is 5. The minimum absolute atomic E-state index is 0.0150. The van der Waals surface area contributed by atoms with Crippen LogP contribution >= 0.6 is 0 Å². The molecule has 7 atom stereocenters. The van der Waals surface area contributed by atoms with Crippen molar-refractivity contribution in [2.45, 2.75) is 109 Å². The fraction of sp³-hybridized carbons (Fsp3) is 0.793. The molecule has 2 unspecified atom stereocenters. The van der Waals surface area contributed by atoms with Crippen molar-refractivity contribution in [1.29, 1.82) is 0 Å². The Hall–Kier alpha value is -1.22. The molecule has 0 heterocycles. The number of rotatable bonds is 5. The van der Waals surface area contributed by atoms with E-state index < -0.39 is 0 Å². The molecular weight excluding hydrogens is 396 g/mol. The van der Waals surface area contributed by atoms with Crippen LogP contribution in [0.1, 0.15) is 96.8 Å². The standard InChI is InChI=1S/C29H42O3/c1-28-16-15-26-24(25(28)12-13-27(28)32-22-8-4-5-9-22)11-10-20-18-23(14-17-29(20,26)19-30)31-21-6-2-3-7-21/h6,8,18,23-27,30H,2-5,7,9-17,19H2,1H3/t23?,24-,25-,26+,27?,28-,29+/m0/s1.